The number of nitrogen functional groups attached to an aromatic ring is 1. The highest BCUT2D eigenvalue weighted by Crippen LogP contribution is 2.34. The molecule has 1 aromatic carbocycles. The van der Waals surface area contributed by atoms with Crippen molar-refractivity contribution in [2.45, 2.75) is 18.9 Å². The van der Waals surface area contributed by atoms with Gasteiger partial charge in [0.2, 0.25) is 5.95 Å². The molecule has 1 aliphatic heterocycles. The van der Waals surface area contributed by atoms with Crippen LogP contribution in [0.1, 0.15) is 17.3 Å². The highest BCUT2D eigenvalue weighted by molar-refractivity contribution is 5.72. The van der Waals surface area contributed by atoms with E-state index in [2.05, 4.69) is 10.1 Å². The van der Waals surface area contributed by atoms with E-state index in [1.54, 1.807) is 11.8 Å². The molecular weight excluding hydrogens is 272 g/mol. The number of rotatable bonds is 3. The SMILES string of the molecule is COc1cccc(C2Cn3nc(N)nc3CC2C(=O)O)c1. The number of aliphatic carboxylic acids is 1. The molecule has 1 aromatic heterocycles. The minimum atomic E-state index is -0.837. The molecule has 0 saturated carbocycles. The molecule has 0 saturated heterocycles. The number of nitrogens with two attached hydrogens (primary N) is 1. The lowest BCUT2D eigenvalue weighted by Gasteiger charge is -2.29. The number of carboxylic acids is 1. The Bertz CT molecular complexity index is 683. The monoisotopic (exact) mass is 288 g/mol. The first kappa shape index (κ1) is 13.4. The summed E-state index contributed by atoms with van der Waals surface area (Å²) in [5.41, 5.74) is 6.52. The van der Waals surface area contributed by atoms with E-state index in [0.717, 1.165) is 5.56 Å². The van der Waals surface area contributed by atoms with Crippen LogP contribution in [0.25, 0.3) is 0 Å². The van der Waals surface area contributed by atoms with Crippen molar-refractivity contribution < 1.29 is 14.6 Å². The lowest BCUT2D eigenvalue weighted by atomic mass is 9.81. The predicted molar refractivity (Wildman–Crippen MR) is 75.0 cm³/mol. The molecule has 2 heterocycles. The maximum Gasteiger partial charge on any atom is 0.307 e. The third kappa shape index (κ3) is 2.42. The minimum absolute atomic E-state index is 0.181. The van der Waals surface area contributed by atoms with Gasteiger partial charge in [0.05, 0.1) is 19.6 Å². The summed E-state index contributed by atoms with van der Waals surface area (Å²) < 4.78 is 6.91. The molecular formula is C14H16N4O3. The lowest BCUT2D eigenvalue weighted by Crippen LogP contribution is -2.33. The number of nitrogens with zero attached hydrogens (tertiary/aromatic N) is 3. The Hall–Kier alpha value is -2.57. The third-order valence-corrected chi connectivity index (χ3v) is 3.86. The second-order valence-corrected chi connectivity index (χ2v) is 5.10. The fourth-order valence-electron chi connectivity index (χ4n) is 2.81. The summed E-state index contributed by atoms with van der Waals surface area (Å²) in [5.74, 6) is -0.0601. The fourth-order valence-corrected chi connectivity index (χ4v) is 2.81. The lowest BCUT2D eigenvalue weighted by molar-refractivity contribution is -0.143. The van der Waals surface area contributed by atoms with Gasteiger partial charge in [-0.25, -0.2) is 4.68 Å². The summed E-state index contributed by atoms with van der Waals surface area (Å²) in [6.07, 6.45) is 0.321. The average molecular weight is 288 g/mol. The number of hydrogen-bond acceptors (Lipinski definition) is 5. The molecule has 3 N–H and O–H groups in total. The van der Waals surface area contributed by atoms with Crippen molar-refractivity contribution in [3.05, 3.63) is 35.7 Å². The van der Waals surface area contributed by atoms with Gasteiger partial charge in [0.25, 0.3) is 0 Å². The highest BCUT2D eigenvalue weighted by Gasteiger charge is 2.36. The van der Waals surface area contributed by atoms with Gasteiger partial charge in [-0.15, -0.1) is 5.10 Å². The molecule has 2 atom stereocenters. The Labute approximate surface area is 121 Å². The Morgan fingerprint density at radius 3 is 3.05 bits per heavy atom. The van der Waals surface area contributed by atoms with Gasteiger partial charge in [-0.3, -0.25) is 4.79 Å². The maximum absolute atomic E-state index is 11.6. The second kappa shape index (κ2) is 5.08. The summed E-state index contributed by atoms with van der Waals surface area (Å²) in [6.45, 7) is 0.448. The zero-order valence-corrected chi connectivity index (χ0v) is 11.6. The fraction of sp³-hybridized carbons (Fsp3) is 0.357. The topological polar surface area (TPSA) is 103 Å². The van der Waals surface area contributed by atoms with Crippen molar-refractivity contribution in [2.24, 2.45) is 5.92 Å². The maximum atomic E-state index is 11.6. The quantitative estimate of drug-likeness (QED) is 0.870. The van der Waals surface area contributed by atoms with Gasteiger partial charge in [0, 0.05) is 12.3 Å². The molecule has 3 rings (SSSR count). The van der Waals surface area contributed by atoms with Crippen LogP contribution in [-0.2, 0) is 17.8 Å². The van der Waals surface area contributed by atoms with Crippen LogP contribution in [0.2, 0.25) is 0 Å². The third-order valence-electron chi connectivity index (χ3n) is 3.86. The van der Waals surface area contributed by atoms with Crippen LogP contribution in [0.3, 0.4) is 0 Å². The molecule has 0 fully saturated rings. The summed E-state index contributed by atoms with van der Waals surface area (Å²) in [4.78, 5) is 15.7. The molecule has 0 spiro atoms. The molecule has 2 aromatic rings. The van der Waals surface area contributed by atoms with Crippen molar-refractivity contribution in [3.8, 4) is 5.75 Å². The van der Waals surface area contributed by atoms with E-state index in [1.807, 2.05) is 24.3 Å². The molecule has 0 aliphatic carbocycles. The summed E-state index contributed by atoms with van der Waals surface area (Å²) in [5, 5.41) is 13.6. The number of benzene rings is 1. The van der Waals surface area contributed by atoms with Crippen LogP contribution in [0, 0.1) is 5.92 Å². The first-order valence-corrected chi connectivity index (χ1v) is 6.64. The number of ether oxygens (including phenoxy) is 1. The van der Waals surface area contributed by atoms with Crippen LogP contribution >= 0.6 is 0 Å². The van der Waals surface area contributed by atoms with Crippen molar-refractivity contribution in [1.82, 2.24) is 14.8 Å². The van der Waals surface area contributed by atoms with Crippen molar-refractivity contribution in [2.75, 3.05) is 12.8 Å². The minimum Gasteiger partial charge on any atom is -0.497 e. The Morgan fingerprint density at radius 2 is 2.33 bits per heavy atom. The van der Waals surface area contributed by atoms with Gasteiger partial charge in [0.1, 0.15) is 11.6 Å². The number of hydrogen-bond donors (Lipinski definition) is 2. The van der Waals surface area contributed by atoms with E-state index in [4.69, 9.17) is 10.5 Å². The van der Waals surface area contributed by atoms with Crippen molar-refractivity contribution in [1.29, 1.82) is 0 Å². The molecule has 2 unspecified atom stereocenters. The van der Waals surface area contributed by atoms with E-state index < -0.39 is 11.9 Å². The summed E-state index contributed by atoms with van der Waals surface area (Å²) in [7, 11) is 1.59. The number of aromatic nitrogens is 3. The molecule has 0 bridgehead atoms. The van der Waals surface area contributed by atoms with E-state index >= 15 is 0 Å². The van der Waals surface area contributed by atoms with Gasteiger partial charge >= 0.3 is 5.97 Å². The smallest absolute Gasteiger partial charge is 0.307 e. The van der Waals surface area contributed by atoms with E-state index in [9.17, 15) is 9.90 Å². The molecule has 0 radical (unpaired) electrons. The predicted octanol–water partition coefficient (Wildman–Crippen LogP) is 0.910. The van der Waals surface area contributed by atoms with E-state index in [-0.39, 0.29) is 11.9 Å². The number of methoxy groups -OCH3 is 1. The van der Waals surface area contributed by atoms with Crippen molar-refractivity contribution >= 4 is 11.9 Å². The first-order chi connectivity index (χ1) is 10.1. The van der Waals surface area contributed by atoms with Crippen LogP contribution < -0.4 is 10.5 Å². The van der Waals surface area contributed by atoms with Crippen molar-refractivity contribution in [3.63, 3.8) is 0 Å². The van der Waals surface area contributed by atoms with E-state index in [1.165, 1.54) is 0 Å². The largest absolute Gasteiger partial charge is 0.497 e. The van der Waals surface area contributed by atoms with Crippen LogP contribution in [0.15, 0.2) is 24.3 Å². The number of carbonyl (C=O) groups is 1. The Kier molecular flexibility index (Phi) is 3.25. The number of carboxylic acid groups (broad SMARTS) is 1. The first-order valence-electron chi connectivity index (χ1n) is 6.64. The van der Waals surface area contributed by atoms with Crippen LogP contribution in [0.5, 0.6) is 5.75 Å². The zero-order chi connectivity index (χ0) is 15.0. The van der Waals surface area contributed by atoms with Gasteiger partial charge < -0.3 is 15.6 Å². The van der Waals surface area contributed by atoms with Crippen LogP contribution in [-0.4, -0.2) is 33.0 Å². The van der Waals surface area contributed by atoms with Gasteiger partial charge in [-0.2, -0.15) is 4.98 Å². The van der Waals surface area contributed by atoms with Gasteiger partial charge in [-0.1, -0.05) is 12.1 Å². The normalized spacial score (nSPS) is 20.8. The van der Waals surface area contributed by atoms with Gasteiger partial charge in [0.15, 0.2) is 0 Å². The standard InChI is InChI=1S/C14H16N4O3/c1-21-9-4-2-3-8(5-9)11-7-18-12(16-14(15)17-18)6-10(11)13(19)20/h2-5,10-11H,6-7H2,1H3,(H2,15,17)(H,19,20). The zero-order valence-electron chi connectivity index (χ0n) is 11.6. The molecule has 110 valence electrons. The number of anilines is 1. The average Bonchev–Trinajstić information content (AvgIpc) is 2.85. The van der Waals surface area contributed by atoms with Crippen LogP contribution in [0.4, 0.5) is 5.95 Å². The van der Waals surface area contributed by atoms with Gasteiger partial charge in [-0.05, 0) is 17.7 Å². The molecule has 0 amide bonds. The summed E-state index contributed by atoms with van der Waals surface area (Å²) in [6, 6.07) is 7.47. The second-order valence-electron chi connectivity index (χ2n) is 5.10. The number of fused-ring (bicyclic) bond motifs is 1. The van der Waals surface area contributed by atoms with E-state index in [0.29, 0.717) is 24.5 Å². The highest BCUT2D eigenvalue weighted by atomic mass is 16.5. The molecule has 21 heavy (non-hydrogen) atoms. The Morgan fingerprint density at radius 1 is 1.52 bits per heavy atom. The molecule has 7 heteroatoms. The Balaban J connectivity index is 2.00. The summed E-state index contributed by atoms with van der Waals surface area (Å²) >= 11 is 0. The molecule has 7 nitrogen and oxygen atoms in total. The molecule has 1 aliphatic rings.